The van der Waals surface area contributed by atoms with Crippen LogP contribution >= 0.6 is 27.5 Å². The van der Waals surface area contributed by atoms with E-state index >= 15 is 0 Å². The molecule has 0 saturated heterocycles. The molecule has 0 fully saturated rings. The molecule has 1 aromatic rings. The Morgan fingerprint density at radius 1 is 1.44 bits per heavy atom. The lowest BCUT2D eigenvalue weighted by atomic mass is 10.4. The largest absolute Gasteiger partial charge is 0.260 e. The van der Waals surface area contributed by atoms with Gasteiger partial charge in [-0.1, -0.05) is 18.5 Å². The van der Waals surface area contributed by atoms with E-state index in [-0.39, 0.29) is 11.4 Å². The monoisotopic (exact) mass is 373 g/mol. The van der Waals surface area contributed by atoms with Gasteiger partial charge in [-0.15, -0.1) is 0 Å². The summed E-state index contributed by atoms with van der Waals surface area (Å²) in [6.07, 6.45) is 0. The number of benzene rings is 1. The van der Waals surface area contributed by atoms with E-state index in [1.807, 2.05) is 0 Å². The van der Waals surface area contributed by atoms with Crippen molar-refractivity contribution in [2.75, 3.05) is 18.1 Å². The van der Waals surface area contributed by atoms with Gasteiger partial charge in [0, 0.05) is 33.3 Å². The molecule has 102 valence electrons. The van der Waals surface area contributed by atoms with Crippen LogP contribution in [0.4, 0.5) is 0 Å². The molecule has 0 heterocycles. The summed E-state index contributed by atoms with van der Waals surface area (Å²) in [4.78, 5) is 0.126. The fourth-order valence-corrected chi connectivity index (χ4v) is 3.61. The molecule has 1 N–H and O–H groups in total. The zero-order chi connectivity index (χ0) is 13.8. The summed E-state index contributed by atoms with van der Waals surface area (Å²) in [7, 11) is -4.56. The molecule has 4 nitrogen and oxygen atoms in total. The molecule has 18 heavy (non-hydrogen) atoms. The molecule has 0 aliphatic heterocycles. The van der Waals surface area contributed by atoms with Crippen molar-refractivity contribution < 1.29 is 12.6 Å². The molecule has 0 aliphatic carbocycles. The third-order valence-corrected chi connectivity index (χ3v) is 6.12. The average Bonchev–Trinajstić information content (AvgIpc) is 2.32. The number of sulfonamides is 1. The van der Waals surface area contributed by atoms with Gasteiger partial charge in [0.05, 0.1) is 9.92 Å². The van der Waals surface area contributed by atoms with E-state index < -0.39 is 20.8 Å². The first-order chi connectivity index (χ1) is 8.36. The van der Waals surface area contributed by atoms with Crippen LogP contribution in [-0.4, -0.2) is 30.7 Å². The minimum atomic E-state index is -3.58. The van der Waals surface area contributed by atoms with Gasteiger partial charge in [0.15, 0.2) is 0 Å². The first-order valence-electron chi connectivity index (χ1n) is 5.16. The maximum atomic E-state index is 11.9. The van der Waals surface area contributed by atoms with E-state index in [0.29, 0.717) is 21.0 Å². The van der Waals surface area contributed by atoms with Crippen LogP contribution in [0.1, 0.15) is 6.92 Å². The molecule has 1 aromatic carbocycles. The van der Waals surface area contributed by atoms with Crippen LogP contribution in [0, 0.1) is 0 Å². The van der Waals surface area contributed by atoms with E-state index in [1.165, 1.54) is 18.2 Å². The second-order valence-electron chi connectivity index (χ2n) is 3.41. The summed E-state index contributed by atoms with van der Waals surface area (Å²) in [5, 5.41) is 0.445. The summed E-state index contributed by atoms with van der Waals surface area (Å²) < 4.78 is 37.9. The van der Waals surface area contributed by atoms with Gasteiger partial charge >= 0.3 is 0 Å². The first kappa shape index (κ1) is 16.1. The highest BCUT2D eigenvalue weighted by Gasteiger charge is 2.14. The molecule has 1 atom stereocenters. The lowest BCUT2D eigenvalue weighted by Gasteiger charge is -2.07. The number of rotatable bonds is 6. The molecule has 0 aliphatic rings. The third-order valence-electron chi connectivity index (χ3n) is 2.15. The molecule has 0 saturated carbocycles. The Morgan fingerprint density at radius 2 is 2.11 bits per heavy atom. The van der Waals surface area contributed by atoms with E-state index in [2.05, 4.69) is 20.7 Å². The Kier molecular flexibility index (Phi) is 6.26. The predicted molar refractivity (Wildman–Crippen MR) is 77.9 cm³/mol. The SMILES string of the molecule is CCS(=O)CCNS(=O)(=O)c1ccc(Cl)c(Br)c1. The second-order valence-corrected chi connectivity index (χ2v) is 8.30. The van der Waals surface area contributed by atoms with Crippen molar-refractivity contribution >= 4 is 48.4 Å². The molecular formula is C10H13BrClNO3S2. The maximum absolute atomic E-state index is 11.9. The second kappa shape index (κ2) is 7.00. The molecule has 1 rings (SSSR count). The minimum absolute atomic E-state index is 0.126. The van der Waals surface area contributed by atoms with Gasteiger partial charge in [-0.3, -0.25) is 4.21 Å². The fraction of sp³-hybridized carbons (Fsp3) is 0.400. The molecule has 0 aromatic heterocycles. The zero-order valence-electron chi connectivity index (χ0n) is 9.65. The first-order valence-corrected chi connectivity index (χ1v) is 9.30. The molecule has 8 heteroatoms. The Bertz CT molecular complexity index is 548. The highest BCUT2D eigenvalue weighted by molar-refractivity contribution is 9.10. The van der Waals surface area contributed by atoms with Gasteiger partial charge < -0.3 is 0 Å². The fourth-order valence-electron chi connectivity index (χ4n) is 1.16. The van der Waals surface area contributed by atoms with Crippen LogP contribution in [0.25, 0.3) is 0 Å². The van der Waals surface area contributed by atoms with E-state index in [1.54, 1.807) is 6.92 Å². The smallest absolute Gasteiger partial charge is 0.240 e. The highest BCUT2D eigenvalue weighted by atomic mass is 79.9. The van der Waals surface area contributed by atoms with Gasteiger partial charge in [-0.25, -0.2) is 13.1 Å². The van der Waals surface area contributed by atoms with Crippen LogP contribution in [0.2, 0.25) is 5.02 Å². The third kappa shape index (κ3) is 4.62. The highest BCUT2D eigenvalue weighted by Crippen LogP contribution is 2.25. The van der Waals surface area contributed by atoms with Crippen LogP contribution in [0.5, 0.6) is 0 Å². The molecule has 0 amide bonds. The predicted octanol–water partition coefficient (Wildman–Crippen LogP) is 2.15. The van der Waals surface area contributed by atoms with Gasteiger partial charge in [0.2, 0.25) is 10.0 Å². The number of halogens is 2. The Hall–Kier alpha value is 0.0500. The van der Waals surface area contributed by atoms with Gasteiger partial charge in [-0.2, -0.15) is 0 Å². The summed E-state index contributed by atoms with van der Waals surface area (Å²) in [6.45, 7) is 1.95. The Labute approximate surface area is 123 Å². The number of hydrogen-bond donors (Lipinski definition) is 1. The van der Waals surface area contributed by atoms with Crippen molar-refractivity contribution in [1.29, 1.82) is 0 Å². The molecule has 0 radical (unpaired) electrons. The quantitative estimate of drug-likeness (QED) is 0.830. The van der Waals surface area contributed by atoms with Gasteiger partial charge in [0.25, 0.3) is 0 Å². The zero-order valence-corrected chi connectivity index (χ0v) is 13.6. The topological polar surface area (TPSA) is 63.2 Å². The summed E-state index contributed by atoms with van der Waals surface area (Å²) >= 11 is 8.96. The summed E-state index contributed by atoms with van der Waals surface area (Å²) in [5.74, 6) is 0.832. The Balaban J connectivity index is 2.74. The molecule has 1 unspecified atom stereocenters. The molecule has 0 spiro atoms. The normalized spacial score (nSPS) is 13.5. The van der Waals surface area contributed by atoms with Crippen molar-refractivity contribution in [3.63, 3.8) is 0 Å². The van der Waals surface area contributed by atoms with Crippen LogP contribution in [0.3, 0.4) is 0 Å². The summed E-state index contributed by atoms with van der Waals surface area (Å²) in [5.41, 5.74) is 0. The lowest BCUT2D eigenvalue weighted by molar-refractivity contribution is 0.584. The lowest BCUT2D eigenvalue weighted by Crippen LogP contribution is -2.28. The van der Waals surface area contributed by atoms with Gasteiger partial charge in [-0.05, 0) is 34.1 Å². The standard InChI is InChI=1S/C10H13BrClNO3S2/c1-2-17(14)6-5-13-18(15,16)8-3-4-10(12)9(11)7-8/h3-4,7,13H,2,5-6H2,1H3. The van der Waals surface area contributed by atoms with E-state index in [4.69, 9.17) is 11.6 Å². The van der Waals surface area contributed by atoms with E-state index in [0.717, 1.165) is 0 Å². The van der Waals surface area contributed by atoms with E-state index in [9.17, 15) is 12.6 Å². The average molecular weight is 375 g/mol. The minimum Gasteiger partial charge on any atom is -0.260 e. The van der Waals surface area contributed by atoms with Crippen LogP contribution in [-0.2, 0) is 20.8 Å². The van der Waals surface area contributed by atoms with Crippen molar-refractivity contribution in [2.45, 2.75) is 11.8 Å². The van der Waals surface area contributed by atoms with Crippen molar-refractivity contribution in [2.24, 2.45) is 0 Å². The maximum Gasteiger partial charge on any atom is 0.240 e. The van der Waals surface area contributed by atoms with Crippen LogP contribution < -0.4 is 4.72 Å². The van der Waals surface area contributed by atoms with Crippen molar-refractivity contribution in [1.82, 2.24) is 4.72 Å². The van der Waals surface area contributed by atoms with Crippen molar-refractivity contribution in [3.8, 4) is 0 Å². The van der Waals surface area contributed by atoms with Gasteiger partial charge in [0.1, 0.15) is 0 Å². The Morgan fingerprint density at radius 3 is 2.67 bits per heavy atom. The number of hydrogen-bond acceptors (Lipinski definition) is 3. The van der Waals surface area contributed by atoms with Crippen molar-refractivity contribution in [3.05, 3.63) is 27.7 Å². The number of nitrogens with one attached hydrogen (secondary N) is 1. The summed E-state index contributed by atoms with van der Waals surface area (Å²) in [6, 6.07) is 4.36. The molecular weight excluding hydrogens is 362 g/mol. The van der Waals surface area contributed by atoms with Crippen LogP contribution in [0.15, 0.2) is 27.6 Å². The molecule has 0 bridgehead atoms.